The van der Waals surface area contributed by atoms with E-state index in [4.69, 9.17) is 9.97 Å². The highest BCUT2D eigenvalue weighted by Crippen LogP contribution is 2.37. The molecule has 6 heterocycles. The molecule has 0 spiro atoms. The van der Waals surface area contributed by atoms with Gasteiger partial charge in [-0.05, 0) is 102 Å². The van der Waals surface area contributed by atoms with Gasteiger partial charge >= 0.3 is 0 Å². The van der Waals surface area contributed by atoms with Gasteiger partial charge in [-0.2, -0.15) is 0 Å². The molecule has 282 valence electrons. The van der Waals surface area contributed by atoms with Gasteiger partial charge in [-0.15, -0.1) is 10.2 Å². The predicted octanol–water partition coefficient (Wildman–Crippen LogP) is 6.97. The summed E-state index contributed by atoms with van der Waals surface area (Å²) in [6.45, 7) is 8.22. The Morgan fingerprint density at radius 2 is 1.68 bits per heavy atom. The van der Waals surface area contributed by atoms with Gasteiger partial charge in [0.15, 0.2) is 17.3 Å². The average molecular weight is 744 g/mol. The number of carbonyl (C=O) groups is 1. The first-order valence-corrected chi connectivity index (χ1v) is 19.4. The Balaban J connectivity index is 0.926. The highest BCUT2D eigenvalue weighted by molar-refractivity contribution is 5.91. The Bertz CT molecular complexity index is 2570. The second-order valence-electron chi connectivity index (χ2n) is 15.1. The third-order valence-electron chi connectivity index (χ3n) is 11.3. The van der Waals surface area contributed by atoms with E-state index in [1.165, 1.54) is 11.1 Å². The molecule has 0 radical (unpaired) electrons. The molecule has 1 amide bonds. The Labute approximate surface area is 325 Å². The number of β-amino-alcohol motifs (C(OH)–C–C–N with tert-alkyl or cyclic N) is 1. The van der Waals surface area contributed by atoms with Crippen LogP contribution in [0.15, 0.2) is 104 Å². The number of aliphatic hydroxyl groups excluding tert-OH is 1. The number of likely N-dealkylation sites (tertiary alicyclic amines) is 1. The molecule has 0 bridgehead atoms. The fraction of sp³-hybridized carbons (Fsp3) is 0.267. The third-order valence-corrected chi connectivity index (χ3v) is 11.3. The molecule has 56 heavy (non-hydrogen) atoms. The van der Waals surface area contributed by atoms with Gasteiger partial charge in [-0.1, -0.05) is 54.6 Å². The summed E-state index contributed by atoms with van der Waals surface area (Å²) in [5, 5.41) is 30.2. The Hall–Kier alpha value is -6.01. The SMILES string of the molecule is Cc1c(Nc2nccc3cc(CN4CC[C@@H](O)C4)cnc23)cccc1-c1cccc(-c2ccn3c(-c4ccc(CNC[C@@H]5CCC(=O)N5)cc4)nnc3c2)c1C. The van der Waals surface area contributed by atoms with Gasteiger partial charge in [0, 0.05) is 80.4 Å². The first-order chi connectivity index (χ1) is 27.4. The van der Waals surface area contributed by atoms with Crippen LogP contribution in [-0.4, -0.2) is 72.3 Å². The summed E-state index contributed by atoms with van der Waals surface area (Å²) in [6.07, 6.45) is 7.90. The lowest BCUT2D eigenvalue weighted by Gasteiger charge is -2.18. The number of aromatic nitrogens is 5. The number of hydrogen-bond donors (Lipinski definition) is 4. The maximum absolute atomic E-state index is 11.5. The van der Waals surface area contributed by atoms with Crippen molar-refractivity contribution in [1.29, 1.82) is 0 Å². The van der Waals surface area contributed by atoms with Crippen LogP contribution in [-0.2, 0) is 17.9 Å². The van der Waals surface area contributed by atoms with Gasteiger partial charge in [0.05, 0.1) is 6.10 Å². The average Bonchev–Trinajstić information content (AvgIpc) is 3.95. The first-order valence-electron chi connectivity index (χ1n) is 19.4. The van der Waals surface area contributed by atoms with Crippen LogP contribution in [0.2, 0.25) is 0 Å². The predicted molar refractivity (Wildman–Crippen MR) is 220 cm³/mol. The molecule has 11 nitrogen and oxygen atoms in total. The van der Waals surface area contributed by atoms with Crippen LogP contribution in [0.3, 0.4) is 0 Å². The first kappa shape index (κ1) is 35.7. The van der Waals surface area contributed by atoms with Gasteiger partial charge in [0.2, 0.25) is 5.91 Å². The summed E-state index contributed by atoms with van der Waals surface area (Å²) >= 11 is 0. The largest absolute Gasteiger partial charge is 0.392 e. The zero-order valence-electron chi connectivity index (χ0n) is 31.7. The number of fused-ring (bicyclic) bond motifs is 2. The maximum Gasteiger partial charge on any atom is 0.220 e. The molecule has 0 unspecified atom stereocenters. The summed E-state index contributed by atoms with van der Waals surface area (Å²) in [5.41, 5.74) is 12.7. The number of nitrogens with one attached hydrogen (secondary N) is 3. The van der Waals surface area contributed by atoms with Gasteiger partial charge in [-0.25, -0.2) is 4.98 Å². The van der Waals surface area contributed by atoms with Crippen molar-refractivity contribution in [1.82, 2.24) is 40.1 Å². The molecule has 2 atom stereocenters. The van der Waals surface area contributed by atoms with Crippen LogP contribution in [0.1, 0.15) is 41.5 Å². The number of nitrogens with zero attached hydrogens (tertiary/aromatic N) is 6. The van der Waals surface area contributed by atoms with Gasteiger partial charge < -0.3 is 21.1 Å². The molecule has 2 aliphatic heterocycles. The number of benzene rings is 3. The number of hydrogen-bond acceptors (Lipinski definition) is 9. The van der Waals surface area contributed by atoms with Crippen molar-refractivity contribution in [3.63, 3.8) is 0 Å². The van der Waals surface area contributed by atoms with E-state index in [2.05, 4.69) is 130 Å². The Morgan fingerprint density at radius 1 is 0.857 bits per heavy atom. The summed E-state index contributed by atoms with van der Waals surface area (Å²) < 4.78 is 2.04. The second-order valence-corrected chi connectivity index (χ2v) is 15.1. The molecule has 0 aliphatic carbocycles. The molecule has 7 aromatic rings. The van der Waals surface area contributed by atoms with Gasteiger partial charge in [0.25, 0.3) is 0 Å². The van der Waals surface area contributed by atoms with Crippen LogP contribution < -0.4 is 16.0 Å². The summed E-state index contributed by atoms with van der Waals surface area (Å²) in [7, 11) is 0. The summed E-state index contributed by atoms with van der Waals surface area (Å²) in [6, 6.07) is 29.8. The van der Waals surface area contributed by atoms with Crippen LogP contribution in [0.4, 0.5) is 11.5 Å². The molecule has 2 saturated heterocycles. The lowest BCUT2D eigenvalue weighted by Crippen LogP contribution is -2.35. The molecule has 2 fully saturated rings. The van der Waals surface area contributed by atoms with E-state index in [1.807, 2.05) is 22.9 Å². The smallest absolute Gasteiger partial charge is 0.220 e. The van der Waals surface area contributed by atoms with E-state index >= 15 is 0 Å². The zero-order valence-corrected chi connectivity index (χ0v) is 31.7. The number of pyridine rings is 3. The van der Waals surface area contributed by atoms with E-state index in [0.29, 0.717) is 13.0 Å². The molecular weight excluding hydrogens is 699 g/mol. The standard InChI is InChI=1S/C45H45N9O2/c1-28-37(33-16-20-54-41(22-33)51-52-45(54)32-11-9-30(10-12-32)23-46-25-35-13-14-42(56)49-35)5-3-6-38(28)39-7-4-8-40(29(39)2)50-44-43-34(15-18-47-44)21-31(24-48-43)26-53-19-17-36(55)27-53/h3-12,15-16,18,20-22,24,35-36,46,55H,13-14,17,19,23,25-27H2,1-2H3,(H,47,50)(H,49,56)/t35-,36+/m0/s1. The zero-order chi connectivity index (χ0) is 38.2. The van der Waals surface area contributed by atoms with E-state index < -0.39 is 0 Å². The van der Waals surface area contributed by atoms with Gasteiger partial charge in [0.1, 0.15) is 5.52 Å². The molecule has 2 aliphatic rings. The topological polar surface area (TPSA) is 133 Å². The van der Waals surface area contributed by atoms with Crippen LogP contribution in [0.5, 0.6) is 0 Å². The minimum absolute atomic E-state index is 0.142. The van der Waals surface area contributed by atoms with Crippen molar-refractivity contribution in [2.24, 2.45) is 0 Å². The van der Waals surface area contributed by atoms with Crippen LogP contribution in [0.25, 0.3) is 50.2 Å². The van der Waals surface area contributed by atoms with Gasteiger partial charge in [-0.3, -0.25) is 19.1 Å². The Morgan fingerprint density at radius 3 is 2.48 bits per heavy atom. The quantitative estimate of drug-likeness (QED) is 0.111. The number of amides is 1. The van der Waals surface area contributed by atoms with Crippen molar-refractivity contribution < 1.29 is 9.90 Å². The highest BCUT2D eigenvalue weighted by Gasteiger charge is 2.22. The Kier molecular flexibility index (Phi) is 9.72. The van der Waals surface area contributed by atoms with Crippen molar-refractivity contribution >= 4 is 34.0 Å². The molecule has 3 aromatic carbocycles. The van der Waals surface area contributed by atoms with Crippen molar-refractivity contribution in [3.8, 4) is 33.6 Å². The lowest BCUT2D eigenvalue weighted by molar-refractivity contribution is -0.119. The molecule has 4 aromatic heterocycles. The monoisotopic (exact) mass is 743 g/mol. The van der Waals surface area contributed by atoms with E-state index in [-0.39, 0.29) is 18.1 Å². The second kappa shape index (κ2) is 15.3. The molecule has 9 rings (SSSR count). The van der Waals surface area contributed by atoms with Crippen LogP contribution in [0, 0.1) is 13.8 Å². The minimum Gasteiger partial charge on any atom is -0.392 e. The molecule has 4 N–H and O–H groups in total. The number of anilines is 2. The fourth-order valence-corrected chi connectivity index (χ4v) is 8.18. The molecular formula is C45H45N9O2. The van der Waals surface area contributed by atoms with Crippen molar-refractivity contribution in [3.05, 3.63) is 126 Å². The number of rotatable bonds is 11. The van der Waals surface area contributed by atoms with Crippen molar-refractivity contribution in [2.45, 2.75) is 58.3 Å². The fourth-order valence-electron chi connectivity index (χ4n) is 8.18. The van der Waals surface area contributed by atoms with E-state index in [9.17, 15) is 9.90 Å². The van der Waals surface area contributed by atoms with Crippen LogP contribution >= 0.6 is 0 Å². The van der Waals surface area contributed by atoms with E-state index in [1.54, 1.807) is 0 Å². The summed E-state index contributed by atoms with van der Waals surface area (Å²) in [4.78, 5) is 23.3. The third kappa shape index (κ3) is 7.24. The lowest BCUT2D eigenvalue weighted by atomic mass is 9.90. The summed E-state index contributed by atoms with van der Waals surface area (Å²) in [5.74, 6) is 1.66. The van der Waals surface area contributed by atoms with E-state index in [0.717, 1.165) is 112 Å². The number of carbonyl (C=O) groups excluding carboxylic acids is 1. The highest BCUT2D eigenvalue weighted by atomic mass is 16.3. The number of aliphatic hydroxyl groups is 1. The normalized spacial score (nSPS) is 17.2. The maximum atomic E-state index is 11.5. The molecule has 0 saturated carbocycles. The van der Waals surface area contributed by atoms with Crippen molar-refractivity contribution in [2.75, 3.05) is 25.0 Å². The minimum atomic E-state index is -0.239. The molecule has 11 heteroatoms.